The Morgan fingerprint density at radius 1 is 0.684 bits per heavy atom. The van der Waals surface area contributed by atoms with Gasteiger partial charge in [0.1, 0.15) is 0 Å². The third-order valence-corrected chi connectivity index (χ3v) is 7.70. The number of rotatable bonds is 5. The van der Waals surface area contributed by atoms with Crippen LogP contribution in [0.2, 0.25) is 5.02 Å². The normalized spacial score (nSPS) is 11.7. The molecule has 7 rings (SSSR count). The topological polar surface area (TPSA) is 56.8 Å². The maximum absolute atomic E-state index is 6.16. The molecule has 0 atom stereocenters. The first kappa shape index (κ1) is 22.7. The average Bonchev–Trinajstić information content (AvgIpc) is 3.68. The Bertz CT molecular complexity index is 1930. The van der Waals surface area contributed by atoms with Gasteiger partial charge in [0.15, 0.2) is 0 Å². The second-order valence-electron chi connectivity index (χ2n) is 9.03. The summed E-state index contributed by atoms with van der Waals surface area (Å²) in [5.41, 5.74) is 9.42. The fourth-order valence-corrected chi connectivity index (χ4v) is 5.71. The summed E-state index contributed by atoms with van der Waals surface area (Å²) in [7, 11) is 0. The van der Waals surface area contributed by atoms with Crippen molar-refractivity contribution in [1.82, 2.24) is 15.0 Å². The van der Waals surface area contributed by atoms with Gasteiger partial charge in [0.25, 0.3) is 0 Å². The van der Waals surface area contributed by atoms with Gasteiger partial charge in [-0.25, -0.2) is 9.98 Å². The predicted octanol–water partition coefficient (Wildman–Crippen LogP) is 9.51. The van der Waals surface area contributed by atoms with Crippen LogP contribution in [0.1, 0.15) is 5.56 Å². The minimum Gasteiger partial charge on any atom is -0.354 e. The van der Waals surface area contributed by atoms with E-state index in [0.29, 0.717) is 10.2 Å². The van der Waals surface area contributed by atoms with Crippen LogP contribution in [-0.4, -0.2) is 21.2 Å². The summed E-state index contributed by atoms with van der Waals surface area (Å²) in [6, 6.07) is 34.9. The van der Waals surface area contributed by atoms with E-state index in [-0.39, 0.29) is 0 Å². The van der Waals surface area contributed by atoms with Crippen molar-refractivity contribution in [2.24, 2.45) is 4.99 Å². The Kier molecular flexibility index (Phi) is 5.65. The molecule has 4 nitrogen and oxygen atoms in total. The van der Waals surface area contributed by atoms with Gasteiger partial charge in [-0.1, -0.05) is 90.5 Å². The molecular weight excluding hydrogens is 508 g/mol. The van der Waals surface area contributed by atoms with Gasteiger partial charge in [-0.05, 0) is 35.4 Å². The Hall–Kier alpha value is -4.45. The van der Waals surface area contributed by atoms with Crippen LogP contribution >= 0.6 is 22.9 Å². The molecule has 0 saturated heterocycles. The molecule has 38 heavy (non-hydrogen) atoms. The minimum absolute atomic E-state index is 0.705. The lowest BCUT2D eigenvalue weighted by Crippen LogP contribution is -1.85. The molecule has 2 N–H and O–H groups in total. The Morgan fingerprint density at radius 3 is 2.11 bits per heavy atom. The maximum Gasteiger partial charge on any atom is 0.209 e. The van der Waals surface area contributed by atoms with Crippen LogP contribution in [0.3, 0.4) is 0 Å². The highest BCUT2D eigenvalue weighted by Gasteiger charge is 2.18. The third-order valence-electron chi connectivity index (χ3n) is 6.70. The molecule has 0 aliphatic rings. The van der Waals surface area contributed by atoms with Crippen LogP contribution in [0, 0.1) is 0 Å². The molecule has 0 amide bonds. The van der Waals surface area contributed by atoms with E-state index in [0.717, 1.165) is 61.1 Å². The molecular formula is C32H21ClN4S. The average molecular weight is 529 g/mol. The molecule has 0 radical (unpaired) electrons. The number of H-pyrrole nitrogens is 2. The number of hydrogen-bond acceptors (Lipinski definition) is 3. The molecule has 0 unspecified atom stereocenters. The fourth-order valence-electron chi connectivity index (χ4n) is 4.93. The SMILES string of the molecule is Clc1ccc(-c2[nH]c3ccccc3c2-c2csc(/N=C/c3c(-c4ccccc4)[nH]c4ccccc34)n2)cc1. The molecule has 4 aromatic carbocycles. The molecule has 0 saturated carbocycles. The largest absolute Gasteiger partial charge is 0.354 e. The lowest BCUT2D eigenvalue weighted by molar-refractivity contribution is 1.36. The highest BCUT2D eigenvalue weighted by Crippen LogP contribution is 2.40. The van der Waals surface area contributed by atoms with E-state index in [1.54, 1.807) is 0 Å². The molecule has 7 aromatic rings. The zero-order valence-corrected chi connectivity index (χ0v) is 21.7. The summed E-state index contributed by atoms with van der Waals surface area (Å²) in [5, 5.41) is 5.75. The van der Waals surface area contributed by atoms with E-state index < -0.39 is 0 Å². The number of nitrogens with one attached hydrogen (secondary N) is 2. The Labute approximate surface area is 228 Å². The van der Waals surface area contributed by atoms with Crippen molar-refractivity contribution in [3.63, 3.8) is 0 Å². The van der Waals surface area contributed by atoms with E-state index in [1.165, 1.54) is 11.3 Å². The van der Waals surface area contributed by atoms with Crippen molar-refractivity contribution in [2.75, 3.05) is 0 Å². The first-order valence-corrected chi connectivity index (χ1v) is 13.5. The first-order valence-electron chi connectivity index (χ1n) is 12.3. The van der Waals surface area contributed by atoms with Gasteiger partial charge in [0.05, 0.1) is 17.1 Å². The number of fused-ring (bicyclic) bond motifs is 2. The Morgan fingerprint density at radius 2 is 1.32 bits per heavy atom. The second kappa shape index (κ2) is 9.45. The molecule has 0 bridgehead atoms. The summed E-state index contributed by atoms with van der Waals surface area (Å²) in [6.07, 6.45) is 1.93. The summed E-state index contributed by atoms with van der Waals surface area (Å²) < 4.78 is 0. The van der Waals surface area contributed by atoms with Crippen molar-refractivity contribution in [3.8, 4) is 33.8 Å². The fraction of sp³-hybridized carbons (Fsp3) is 0. The third kappa shape index (κ3) is 4.02. The van der Waals surface area contributed by atoms with E-state index in [9.17, 15) is 0 Å². The van der Waals surface area contributed by atoms with Gasteiger partial charge in [-0.15, -0.1) is 11.3 Å². The van der Waals surface area contributed by atoms with Crippen LogP contribution in [-0.2, 0) is 0 Å². The zero-order valence-electron chi connectivity index (χ0n) is 20.2. The highest BCUT2D eigenvalue weighted by atomic mass is 35.5. The lowest BCUT2D eigenvalue weighted by Gasteiger charge is -2.03. The van der Waals surface area contributed by atoms with Crippen LogP contribution in [0.25, 0.3) is 55.6 Å². The second-order valence-corrected chi connectivity index (χ2v) is 10.3. The number of aliphatic imine (C=N–C) groups is 1. The van der Waals surface area contributed by atoms with E-state index in [1.807, 2.05) is 60.8 Å². The number of hydrogen-bond donors (Lipinski definition) is 2. The van der Waals surface area contributed by atoms with Crippen molar-refractivity contribution in [2.45, 2.75) is 0 Å². The van der Waals surface area contributed by atoms with Gasteiger partial charge < -0.3 is 9.97 Å². The van der Waals surface area contributed by atoms with E-state index in [2.05, 4.69) is 63.9 Å². The zero-order chi connectivity index (χ0) is 25.5. The van der Waals surface area contributed by atoms with Crippen molar-refractivity contribution in [1.29, 1.82) is 0 Å². The minimum atomic E-state index is 0.705. The van der Waals surface area contributed by atoms with Gasteiger partial charge in [-0.2, -0.15) is 0 Å². The number of halogens is 1. The first-order chi connectivity index (χ1) is 18.7. The van der Waals surface area contributed by atoms with Crippen LogP contribution in [0.15, 0.2) is 114 Å². The molecule has 0 aliphatic carbocycles. The summed E-state index contributed by atoms with van der Waals surface area (Å²) >= 11 is 7.70. The number of aromatic amines is 2. The molecule has 182 valence electrons. The van der Waals surface area contributed by atoms with Crippen LogP contribution in [0.5, 0.6) is 0 Å². The predicted molar refractivity (Wildman–Crippen MR) is 161 cm³/mol. The van der Waals surface area contributed by atoms with Crippen LogP contribution in [0.4, 0.5) is 5.13 Å². The number of aromatic nitrogens is 3. The van der Waals surface area contributed by atoms with Gasteiger partial charge in [0, 0.05) is 49.6 Å². The van der Waals surface area contributed by atoms with Crippen molar-refractivity contribution in [3.05, 3.63) is 119 Å². The molecule has 0 aliphatic heterocycles. The maximum atomic E-state index is 6.16. The lowest BCUT2D eigenvalue weighted by atomic mass is 10.0. The standard InChI is InChI=1S/C32H21ClN4S/c33-22-16-14-21(15-17-22)31-29(24-11-5-7-13-27(24)36-31)28-19-38-32(37-28)34-18-25-23-10-4-6-12-26(23)35-30(25)20-8-2-1-3-9-20/h1-19,35-36H/b34-18+. The summed E-state index contributed by atoms with van der Waals surface area (Å²) in [6.45, 7) is 0. The molecule has 0 spiro atoms. The number of benzene rings is 4. The molecule has 6 heteroatoms. The van der Waals surface area contributed by atoms with Gasteiger partial charge in [-0.3, -0.25) is 0 Å². The van der Waals surface area contributed by atoms with Crippen molar-refractivity contribution < 1.29 is 0 Å². The van der Waals surface area contributed by atoms with Gasteiger partial charge in [0.2, 0.25) is 5.13 Å². The van der Waals surface area contributed by atoms with Crippen molar-refractivity contribution >= 4 is 56.1 Å². The van der Waals surface area contributed by atoms with Crippen LogP contribution < -0.4 is 0 Å². The quantitative estimate of drug-likeness (QED) is 0.215. The number of para-hydroxylation sites is 2. The Balaban J connectivity index is 1.32. The summed E-state index contributed by atoms with van der Waals surface area (Å²) in [4.78, 5) is 17.0. The molecule has 3 aromatic heterocycles. The molecule has 3 heterocycles. The smallest absolute Gasteiger partial charge is 0.209 e. The van der Waals surface area contributed by atoms with E-state index in [4.69, 9.17) is 21.6 Å². The monoisotopic (exact) mass is 528 g/mol. The van der Waals surface area contributed by atoms with Gasteiger partial charge >= 0.3 is 0 Å². The highest BCUT2D eigenvalue weighted by molar-refractivity contribution is 7.13. The van der Waals surface area contributed by atoms with E-state index >= 15 is 0 Å². The molecule has 0 fully saturated rings. The summed E-state index contributed by atoms with van der Waals surface area (Å²) in [5.74, 6) is 0. The number of nitrogens with zero attached hydrogens (tertiary/aromatic N) is 2. The number of thiazole rings is 1.